The summed E-state index contributed by atoms with van der Waals surface area (Å²) in [6.07, 6.45) is -3.03. The van der Waals surface area contributed by atoms with Gasteiger partial charge in [-0.25, -0.2) is 0 Å². The average molecular weight is 280 g/mol. The number of alkyl halides is 3. The third kappa shape index (κ3) is 2.72. The van der Waals surface area contributed by atoms with E-state index >= 15 is 0 Å². The van der Waals surface area contributed by atoms with Gasteiger partial charge in [-0.2, -0.15) is 13.2 Å². The molecule has 2 rings (SSSR count). The minimum absolute atomic E-state index is 0.0606. The van der Waals surface area contributed by atoms with E-state index in [1.165, 1.54) is 6.07 Å². The van der Waals surface area contributed by atoms with Gasteiger partial charge in [0.1, 0.15) is 5.75 Å². The lowest BCUT2D eigenvalue weighted by Gasteiger charge is -2.24. The summed E-state index contributed by atoms with van der Waals surface area (Å²) in [4.78, 5) is 0. The summed E-state index contributed by atoms with van der Waals surface area (Å²) in [5.74, 6) is -0.827. The van der Waals surface area contributed by atoms with Crippen LogP contribution in [0.3, 0.4) is 0 Å². The third-order valence-corrected chi connectivity index (χ3v) is 3.49. The Morgan fingerprint density at radius 2 is 1.83 bits per heavy atom. The molecule has 100 valence electrons. The van der Waals surface area contributed by atoms with Crippen LogP contribution >= 0.6 is 11.6 Å². The first-order valence-corrected chi connectivity index (χ1v) is 6.07. The Bertz CT molecular complexity index is 442. The zero-order valence-corrected chi connectivity index (χ0v) is 10.3. The first-order valence-electron chi connectivity index (χ1n) is 5.70. The fourth-order valence-electron chi connectivity index (χ4n) is 2.23. The highest BCUT2D eigenvalue weighted by Gasteiger charge is 2.36. The number of nitrogens with one attached hydrogen (secondary N) is 1. The van der Waals surface area contributed by atoms with E-state index in [9.17, 15) is 18.3 Å². The van der Waals surface area contributed by atoms with Crippen LogP contribution in [-0.4, -0.2) is 18.2 Å². The van der Waals surface area contributed by atoms with Crippen LogP contribution in [0, 0.1) is 0 Å². The second kappa shape index (κ2) is 4.97. The van der Waals surface area contributed by atoms with Gasteiger partial charge in [-0.15, -0.1) is 0 Å². The summed E-state index contributed by atoms with van der Waals surface area (Å²) in [5, 5.41) is 12.3. The third-order valence-electron chi connectivity index (χ3n) is 3.20. The second-order valence-corrected chi connectivity index (χ2v) is 4.83. The Kier molecular flexibility index (Phi) is 3.73. The highest BCUT2D eigenvalue weighted by Crippen LogP contribution is 2.42. The lowest BCUT2D eigenvalue weighted by molar-refractivity contribution is -0.138. The number of phenols is 1. The monoisotopic (exact) mass is 279 g/mol. The van der Waals surface area contributed by atoms with Crippen LogP contribution in [-0.2, 0) is 6.18 Å². The van der Waals surface area contributed by atoms with Crippen molar-refractivity contribution < 1.29 is 18.3 Å². The molecule has 0 amide bonds. The quantitative estimate of drug-likeness (QED) is 0.824. The van der Waals surface area contributed by atoms with Crippen molar-refractivity contribution in [3.63, 3.8) is 0 Å². The molecule has 18 heavy (non-hydrogen) atoms. The highest BCUT2D eigenvalue weighted by atomic mass is 35.5. The van der Waals surface area contributed by atoms with E-state index in [1.54, 1.807) is 0 Å². The minimum atomic E-state index is -4.59. The van der Waals surface area contributed by atoms with Crippen molar-refractivity contribution >= 4 is 11.6 Å². The molecule has 1 aromatic rings. The van der Waals surface area contributed by atoms with Gasteiger partial charge in [0.05, 0.1) is 10.6 Å². The molecule has 1 aliphatic rings. The summed E-state index contributed by atoms with van der Waals surface area (Å²) in [6.45, 7) is 1.56. The Morgan fingerprint density at radius 3 is 2.39 bits per heavy atom. The molecule has 0 aliphatic carbocycles. The predicted octanol–water partition coefficient (Wildman–Crippen LogP) is 3.53. The Hall–Kier alpha value is -0.940. The zero-order chi connectivity index (χ0) is 13.3. The average Bonchev–Trinajstić information content (AvgIpc) is 2.32. The first-order chi connectivity index (χ1) is 8.39. The van der Waals surface area contributed by atoms with Crippen LogP contribution in [0.2, 0.25) is 5.02 Å². The molecule has 1 saturated heterocycles. The van der Waals surface area contributed by atoms with Crippen molar-refractivity contribution in [3.8, 4) is 5.75 Å². The summed E-state index contributed by atoms with van der Waals surface area (Å²) >= 11 is 5.68. The van der Waals surface area contributed by atoms with Crippen LogP contribution in [0.5, 0.6) is 5.75 Å². The van der Waals surface area contributed by atoms with Crippen molar-refractivity contribution in [2.75, 3.05) is 13.1 Å². The van der Waals surface area contributed by atoms with E-state index in [1.807, 2.05) is 0 Å². The lowest BCUT2D eigenvalue weighted by Crippen LogP contribution is -2.26. The molecule has 0 bridgehead atoms. The van der Waals surface area contributed by atoms with E-state index in [4.69, 9.17) is 11.6 Å². The molecule has 0 spiro atoms. The molecule has 0 atom stereocenters. The van der Waals surface area contributed by atoms with E-state index in [0.29, 0.717) is 5.56 Å². The molecule has 0 radical (unpaired) electrons. The molecule has 0 aromatic heterocycles. The van der Waals surface area contributed by atoms with Crippen molar-refractivity contribution in [2.24, 2.45) is 0 Å². The van der Waals surface area contributed by atoms with E-state index in [-0.39, 0.29) is 10.9 Å². The largest absolute Gasteiger partial charge is 0.506 e. The number of hydrogen-bond acceptors (Lipinski definition) is 2. The van der Waals surface area contributed by atoms with Crippen molar-refractivity contribution in [1.82, 2.24) is 5.32 Å². The second-order valence-electron chi connectivity index (χ2n) is 4.42. The van der Waals surface area contributed by atoms with Gasteiger partial charge >= 0.3 is 6.18 Å². The van der Waals surface area contributed by atoms with Crippen LogP contribution in [0.4, 0.5) is 13.2 Å². The molecule has 1 aromatic carbocycles. The topological polar surface area (TPSA) is 32.3 Å². The van der Waals surface area contributed by atoms with Gasteiger partial charge < -0.3 is 10.4 Å². The predicted molar refractivity (Wildman–Crippen MR) is 63.0 cm³/mol. The Balaban J connectivity index is 2.40. The van der Waals surface area contributed by atoms with Crippen LogP contribution in [0.15, 0.2) is 12.1 Å². The SMILES string of the molecule is Oc1c(Cl)cc(C2CCNCC2)cc1C(F)(F)F. The molecule has 0 saturated carbocycles. The van der Waals surface area contributed by atoms with Gasteiger partial charge in [-0.3, -0.25) is 0 Å². The Labute approximate surface area is 108 Å². The number of benzene rings is 1. The molecular weight excluding hydrogens is 267 g/mol. The van der Waals surface area contributed by atoms with Crippen LogP contribution in [0.25, 0.3) is 0 Å². The molecule has 1 fully saturated rings. The zero-order valence-electron chi connectivity index (χ0n) is 9.52. The smallest absolute Gasteiger partial charge is 0.420 e. The summed E-state index contributed by atoms with van der Waals surface area (Å²) in [6, 6.07) is 2.44. The van der Waals surface area contributed by atoms with E-state index in [2.05, 4.69) is 5.32 Å². The minimum Gasteiger partial charge on any atom is -0.506 e. The molecule has 1 heterocycles. The van der Waals surface area contributed by atoms with Gasteiger partial charge in [0.15, 0.2) is 0 Å². The van der Waals surface area contributed by atoms with Crippen molar-refractivity contribution in [2.45, 2.75) is 24.9 Å². The van der Waals surface area contributed by atoms with Gasteiger partial charge in [-0.05, 0) is 49.5 Å². The van der Waals surface area contributed by atoms with Crippen LogP contribution in [0.1, 0.15) is 29.9 Å². The number of halogens is 4. The summed E-state index contributed by atoms with van der Waals surface area (Å²) < 4.78 is 38.2. The fraction of sp³-hybridized carbons (Fsp3) is 0.500. The fourth-order valence-corrected chi connectivity index (χ4v) is 2.45. The van der Waals surface area contributed by atoms with Gasteiger partial charge in [0, 0.05) is 0 Å². The van der Waals surface area contributed by atoms with E-state index < -0.39 is 17.5 Å². The normalized spacial score (nSPS) is 18.0. The maximum Gasteiger partial charge on any atom is 0.420 e. The molecule has 1 aliphatic heterocycles. The Morgan fingerprint density at radius 1 is 1.22 bits per heavy atom. The molecule has 2 nitrogen and oxygen atoms in total. The lowest BCUT2D eigenvalue weighted by atomic mass is 9.89. The van der Waals surface area contributed by atoms with Gasteiger partial charge in [-0.1, -0.05) is 11.6 Å². The number of phenolic OH excluding ortho intramolecular Hbond substituents is 1. The van der Waals surface area contributed by atoms with Crippen molar-refractivity contribution in [3.05, 3.63) is 28.3 Å². The molecule has 0 unspecified atom stereocenters. The van der Waals surface area contributed by atoms with Crippen molar-refractivity contribution in [1.29, 1.82) is 0 Å². The first kappa shape index (κ1) is 13.5. The molecular formula is C12H13ClF3NO. The maximum atomic E-state index is 12.7. The maximum absolute atomic E-state index is 12.7. The van der Waals surface area contributed by atoms with Crippen LogP contribution < -0.4 is 5.32 Å². The standard InChI is InChI=1S/C12H13ClF3NO/c13-10-6-8(7-1-3-17-4-2-7)5-9(11(10)18)12(14,15)16/h5-7,17-18H,1-4H2. The van der Waals surface area contributed by atoms with Gasteiger partial charge in [0.25, 0.3) is 0 Å². The number of piperidine rings is 1. The highest BCUT2D eigenvalue weighted by molar-refractivity contribution is 6.32. The number of aromatic hydroxyl groups is 1. The number of hydrogen-bond donors (Lipinski definition) is 2. The molecule has 6 heteroatoms. The molecule has 2 N–H and O–H groups in total. The summed E-state index contributed by atoms with van der Waals surface area (Å²) in [5.41, 5.74) is -0.504. The van der Waals surface area contributed by atoms with E-state index in [0.717, 1.165) is 32.0 Å². The summed E-state index contributed by atoms with van der Waals surface area (Å²) in [7, 11) is 0. The number of rotatable bonds is 1. The van der Waals surface area contributed by atoms with Gasteiger partial charge in [0.2, 0.25) is 0 Å².